The zero-order valence-electron chi connectivity index (χ0n) is 21.4. The second-order valence-corrected chi connectivity index (χ2v) is 9.51. The molecule has 2 aromatic carbocycles. The quantitative estimate of drug-likeness (QED) is 0.320. The van der Waals surface area contributed by atoms with E-state index in [-0.39, 0.29) is 12.1 Å². The minimum atomic E-state index is -0.647. The number of aromatic nitrogens is 2. The molecule has 1 fully saturated rings. The molecule has 0 bridgehead atoms. The van der Waals surface area contributed by atoms with Crippen molar-refractivity contribution in [3.63, 3.8) is 0 Å². The first kappa shape index (κ1) is 27.5. The lowest BCUT2D eigenvalue weighted by Gasteiger charge is -2.26. The van der Waals surface area contributed by atoms with Gasteiger partial charge in [-0.1, -0.05) is 30.0 Å². The number of ether oxygens (including phenoxy) is 1. The first-order chi connectivity index (χ1) is 18.4. The van der Waals surface area contributed by atoms with Crippen molar-refractivity contribution < 1.29 is 19.3 Å². The van der Waals surface area contributed by atoms with Gasteiger partial charge in [0.15, 0.2) is 0 Å². The van der Waals surface area contributed by atoms with Crippen LogP contribution in [0.25, 0.3) is 0 Å². The van der Waals surface area contributed by atoms with Gasteiger partial charge in [-0.15, -0.1) is 0 Å². The Balaban J connectivity index is 1.47. The molecule has 4 rings (SSSR count). The molecule has 2 heterocycles. The second kappa shape index (κ2) is 13.3. The molecule has 0 saturated carbocycles. The van der Waals surface area contributed by atoms with Crippen molar-refractivity contribution in [1.29, 1.82) is 0 Å². The molecule has 8 nitrogen and oxygen atoms in total. The molecule has 2 atom stereocenters. The van der Waals surface area contributed by atoms with Crippen LogP contribution in [0.3, 0.4) is 0 Å². The number of aliphatic hydroxyl groups is 1. The predicted octanol–water partition coefficient (Wildman–Crippen LogP) is 2.14. The number of hydrogen-bond acceptors (Lipinski definition) is 7. The predicted molar refractivity (Wildman–Crippen MR) is 142 cm³/mol. The number of halogens is 1. The van der Waals surface area contributed by atoms with Crippen LogP contribution in [0.5, 0.6) is 5.75 Å². The van der Waals surface area contributed by atoms with Crippen molar-refractivity contribution in [3.8, 4) is 17.6 Å². The second-order valence-electron chi connectivity index (χ2n) is 9.51. The van der Waals surface area contributed by atoms with Gasteiger partial charge in [-0.25, -0.2) is 9.37 Å². The maximum Gasteiger partial charge on any atom is 0.293 e. The monoisotopic (exact) mass is 520 g/mol. The van der Waals surface area contributed by atoms with Gasteiger partial charge in [0, 0.05) is 56.2 Å². The molecular weight excluding hydrogens is 487 g/mol. The molecule has 3 aromatic rings. The standard InChI is InChI=1S/C29H33FN4O4/c1-20(35)16-31-17-24(15-27-28(36)29(37)33-19-32-27)25-9-8-22(14-26(25)30)5-2-21-3-6-23(7-4-21)18-34-10-12-38-13-11-34/h3-4,6-9,14,19-20,24,31,35-36H,10-13,15-18H2,1H3,(H,32,33,37)/t20-,24+/m1/s1. The molecule has 0 spiro atoms. The van der Waals surface area contributed by atoms with E-state index in [1.54, 1.807) is 19.1 Å². The third-order valence-corrected chi connectivity index (χ3v) is 6.43. The van der Waals surface area contributed by atoms with Crippen LogP contribution in [0.1, 0.15) is 40.8 Å². The zero-order chi connectivity index (χ0) is 26.9. The summed E-state index contributed by atoms with van der Waals surface area (Å²) in [6.45, 7) is 6.56. The lowest BCUT2D eigenvalue weighted by atomic mass is 9.92. The molecule has 0 radical (unpaired) electrons. The number of rotatable bonds is 9. The fourth-order valence-corrected chi connectivity index (χ4v) is 4.36. The largest absolute Gasteiger partial charge is 0.502 e. The summed E-state index contributed by atoms with van der Waals surface area (Å²) in [5, 5.41) is 22.8. The highest BCUT2D eigenvalue weighted by molar-refractivity contribution is 5.45. The molecule has 0 amide bonds. The van der Waals surface area contributed by atoms with Gasteiger partial charge >= 0.3 is 0 Å². The van der Waals surface area contributed by atoms with Gasteiger partial charge in [0.1, 0.15) is 5.82 Å². The number of aromatic amines is 1. The van der Waals surface area contributed by atoms with Crippen molar-refractivity contribution in [2.24, 2.45) is 0 Å². The van der Waals surface area contributed by atoms with E-state index in [1.165, 1.54) is 18.0 Å². The van der Waals surface area contributed by atoms with E-state index >= 15 is 4.39 Å². The van der Waals surface area contributed by atoms with Gasteiger partial charge in [0.05, 0.1) is 31.3 Å². The number of H-pyrrole nitrogens is 1. The number of aliphatic hydroxyl groups excluding tert-OH is 1. The Bertz CT molecular complexity index is 1320. The molecular formula is C29H33FN4O4. The van der Waals surface area contributed by atoms with Crippen LogP contribution in [0, 0.1) is 17.7 Å². The average molecular weight is 521 g/mol. The third kappa shape index (κ3) is 7.73. The Morgan fingerprint density at radius 3 is 2.55 bits per heavy atom. The summed E-state index contributed by atoms with van der Waals surface area (Å²) in [7, 11) is 0. The first-order valence-electron chi connectivity index (χ1n) is 12.7. The topological polar surface area (TPSA) is 111 Å². The van der Waals surface area contributed by atoms with Gasteiger partial charge in [-0.2, -0.15) is 0 Å². The summed E-state index contributed by atoms with van der Waals surface area (Å²) in [6, 6.07) is 12.9. The van der Waals surface area contributed by atoms with Gasteiger partial charge < -0.3 is 25.3 Å². The van der Waals surface area contributed by atoms with Gasteiger partial charge in [-0.3, -0.25) is 9.69 Å². The smallest absolute Gasteiger partial charge is 0.293 e. The van der Waals surface area contributed by atoms with Gasteiger partial charge in [-0.05, 0) is 42.3 Å². The Hall–Kier alpha value is -3.55. The maximum absolute atomic E-state index is 15.3. The lowest BCUT2D eigenvalue weighted by Crippen LogP contribution is -2.35. The number of hydrogen-bond donors (Lipinski definition) is 4. The van der Waals surface area contributed by atoms with Crippen LogP contribution in [0.4, 0.5) is 4.39 Å². The van der Waals surface area contributed by atoms with E-state index in [1.807, 2.05) is 12.1 Å². The highest BCUT2D eigenvalue weighted by Crippen LogP contribution is 2.25. The van der Waals surface area contributed by atoms with Gasteiger partial charge in [0.25, 0.3) is 5.56 Å². The molecule has 0 aliphatic carbocycles. The number of nitrogens with zero attached hydrogens (tertiary/aromatic N) is 2. The minimum absolute atomic E-state index is 0.140. The van der Waals surface area contributed by atoms with E-state index in [2.05, 4.69) is 44.2 Å². The summed E-state index contributed by atoms with van der Waals surface area (Å²) in [5.41, 5.74) is 2.53. The van der Waals surface area contributed by atoms with E-state index in [9.17, 15) is 15.0 Å². The summed E-state index contributed by atoms with van der Waals surface area (Å²) in [4.78, 5) is 20.5. The summed E-state index contributed by atoms with van der Waals surface area (Å²) < 4.78 is 20.7. The highest BCUT2D eigenvalue weighted by atomic mass is 19.1. The van der Waals surface area contributed by atoms with Crippen LogP contribution in [0.15, 0.2) is 53.6 Å². The Labute approximate surface area is 221 Å². The van der Waals surface area contributed by atoms with Crippen LogP contribution in [0.2, 0.25) is 0 Å². The minimum Gasteiger partial charge on any atom is -0.502 e. The van der Waals surface area contributed by atoms with Crippen LogP contribution < -0.4 is 10.9 Å². The maximum atomic E-state index is 15.3. The number of morpholine rings is 1. The third-order valence-electron chi connectivity index (χ3n) is 6.43. The molecule has 200 valence electrons. The molecule has 0 unspecified atom stereocenters. The van der Waals surface area contributed by atoms with E-state index in [0.717, 1.165) is 38.4 Å². The van der Waals surface area contributed by atoms with E-state index in [0.29, 0.717) is 24.2 Å². The number of nitrogens with one attached hydrogen (secondary N) is 2. The summed E-state index contributed by atoms with van der Waals surface area (Å²) in [5.74, 6) is 4.77. The first-order valence-corrected chi connectivity index (χ1v) is 12.7. The molecule has 38 heavy (non-hydrogen) atoms. The summed E-state index contributed by atoms with van der Waals surface area (Å²) in [6.07, 6.45) is 0.779. The van der Waals surface area contributed by atoms with Gasteiger partial charge in [0.2, 0.25) is 5.75 Å². The Morgan fingerprint density at radius 2 is 1.84 bits per heavy atom. The summed E-state index contributed by atoms with van der Waals surface area (Å²) >= 11 is 0. The van der Waals surface area contributed by atoms with E-state index in [4.69, 9.17) is 4.74 Å². The van der Waals surface area contributed by atoms with Crippen molar-refractivity contribution in [2.75, 3.05) is 39.4 Å². The fraction of sp³-hybridized carbons (Fsp3) is 0.379. The number of aromatic hydroxyl groups is 1. The SMILES string of the molecule is C[C@@H](O)CNC[C@H](Cc1nc[nH]c(=O)c1O)c1ccc(C#Cc2ccc(CN3CCOCC3)cc2)cc1F. The average Bonchev–Trinajstić information content (AvgIpc) is 2.91. The Morgan fingerprint density at radius 1 is 1.13 bits per heavy atom. The van der Waals surface area contributed by atoms with E-state index < -0.39 is 29.1 Å². The van der Waals surface area contributed by atoms with Crippen molar-refractivity contribution in [1.82, 2.24) is 20.2 Å². The molecule has 4 N–H and O–H groups in total. The lowest BCUT2D eigenvalue weighted by molar-refractivity contribution is 0.0342. The highest BCUT2D eigenvalue weighted by Gasteiger charge is 2.20. The van der Waals surface area contributed by atoms with Crippen LogP contribution in [-0.2, 0) is 17.7 Å². The van der Waals surface area contributed by atoms with Crippen LogP contribution in [-0.4, -0.2) is 70.6 Å². The van der Waals surface area contributed by atoms with Crippen LogP contribution >= 0.6 is 0 Å². The van der Waals surface area contributed by atoms with Crippen molar-refractivity contribution in [3.05, 3.63) is 92.9 Å². The van der Waals surface area contributed by atoms with Crippen molar-refractivity contribution >= 4 is 0 Å². The van der Waals surface area contributed by atoms with Crippen molar-refractivity contribution in [2.45, 2.75) is 31.9 Å². The number of benzene rings is 2. The Kier molecular flexibility index (Phi) is 9.62. The molecule has 1 aliphatic rings. The molecule has 1 aromatic heterocycles. The molecule has 9 heteroatoms. The normalized spacial score (nSPS) is 15.4. The fourth-order valence-electron chi connectivity index (χ4n) is 4.36. The molecule has 1 aliphatic heterocycles. The zero-order valence-corrected chi connectivity index (χ0v) is 21.4. The molecule has 1 saturated heterocycles.